The summed E-state index contributed by atoms with van der Waals surface area (Å²) in [6, 6.07) is 15.6. The van der Waals surface area contributed by atoms with Gasteiger partial charge in [0, 0.05) is 0 Å². The number of benzene rings is 1. The molecule has 0 bridgehead atoms. The van der Waals surface area contributed by atoms with Crippen LogP contribution >= 0.6 is 31.9 Å². The highest BCUT2D eigenvalue weighted by molar-refractivity contribution is 9.10. The second kappa shape index (κ2) is 5.44. The minimum atomic E-state index is 0.583. The van der Waals surface area contributed by atoms with Crippen molar-refractivity contribution in [3.63, 3.8) is 0 Å². The molecule has 3 heterocycles. The Balaban J connectivity index is 1.89. The van der Waals surface area contributed by atoms with Crippen LogP contribution < -0.4 is 0 Å². The molecule has 1 aromatic carbocycles. The largest absolute Gasteiger partial charge is 0.452 e. The van der Waals surface area contributed by atoms with Gasteiger partial charge in [-0.3, -0.25) is 0 Å². The lowest BCUT2D eigenvalue weighted by atomic mass is 10.3. The fourth-order valence-corrected chi connectivity index (χ4v) is 3.10. The van der Waals surface area contributed by atoms with Gasteiger partial charge in [-0.15, -0.1) is 0 Å². The van der Waals surface area contributed by atoms with Crippen LogP contribution in [0.3, 0.4) is 0 Å². The summed E-state index contributed by atoms with van der Waals surface area (Å²) in [6.45, 7) is 0.583. The fraction of sp³-hybridized carbons (Fsp3) is 0.0625. The zero-order valence-corrected chi connectivity index (χ0v) is 14.5. The zero-order chi connectivity index (χ0) is 15.1. The molecule has 0 aliphatic carbocycles. The minimum absolute atomic E-state index is 0.583. The molecule has 0 aliphatic rings. The molecule has 110 valence electrons. The van der Waals surface area contributed by atoms with E-state index in [1.807, 2.05) is 48.5 Å². The number of halogens is 2. The van der Waals surface area contributed by atoms with Gasteiger partial charge in [0.1, 0.15) is 5.76 Å². The summed E-state index contributed by atoms with van der Waals surface area (Å²) in [7, 11) is 0. The Labute approximate surface area is 143 Å². The number of nitrogens with zero attached hydrogens (tertiary/aromatic N) is 2. The van der Waals surface area contributed by atoms with E-state index in [4.69, 9.17) is 13.8 Å². The quantitative estimate of drug-likeness (QED) is 0.441. The molecular formula is C16H10Br2N2O2. The molecule has 0 saturated carbocycles. The van der Waals surface area contributed by atoms with E-state index in [9.17, 15) is 0 Å². The number of fused-ring (bicyclic) bond motifs is 1. The van der Waals surface area contributed by atoms with E-state index < -0.39 is 0 Å². The number of furan rings is 2. The van der Waals surface area contributed by atoms with E-state index in [1.54, 1.807) is 0 Å². The lowest BCUT2D eigenvalue weighted by Crippen LogP contribution is -2.00. The van der Waals surface area contributed by atoms with Gasteiger partial charge in [0.15, 0.2) is 20.9 Å². The maximum absolute atomic E-state index is 5.68. The fourth-order valence-electron chi connectivity index (χ4n) is 2.45. The van der Waals surface area contributed by atoms with E-state index in [0.29, 0.717) is 21.6 Å². The average molecular weight is 422 g/mol. The van der Waals surface area contributed by atoms with Gasteiger partial charge in [0.25, 0.3) is 0 Å². The first kappa shape index (κ1) is 13.8. The van der Waals surface area contributed by atoms with Gasteiger partial charge in [-0.05, 0) is 68.3 Å². The summed E-state index contributed by atoms with van der Waals surface area (Å²) in [6.07, 6.45) is 0. The monoisotopic (exact) mass is 420 g/mol. The molecule has 3 aromatic heterocycles. The molecule has 0 N–H and O–H groups in total. The Hall–Kier alpha value is -1.79. The molecule has 0 spiro atoms. The summed E-state index contributed by atoms with van der Waals surface area (Å²) in [5, 5.41) is 0. The average Bonchev–Trinajstić information content (AvgIpc) is 3.20. The Bertz CT molecular complexity index is 952. The van der Waals surface area contributed by atoms with E-state index in [2.05, 4.69) is 36.4 Å². The van der Waals surface area contributed by atoms with E-state index in [-0.39, 0.29) is 0 Å². The van der Waals surface area contributed by atoms with Crippen LogP contribution in [0.4, 0.5) is 0 Å². The molecule has 0 fully saturated rings. The molecule has 0 aliphatic heterocycles. The Morgan fingerprint density at radius 3 is 2.41 bits per heavy atom. The molecule has 0 amide bonds. The predicted molar refractivity (Wildman–Crippen MR) is 90.6 cm³/mol. The lowest BCUT2D eigenvalue weighted by Gasteiger charge is -2.05. The van der Waals surface area contributed by atoms with Crippen LogP contribution in [0.2, 0.25) is 0 Å². The summed E-state index contributed by atoms with van der Waals surface area (Å²) >= 11 is 6.68. The van der Waals surface area contributed by atoms with Crippen molar-refractivity contribution in [2.45, 2.75) is 6.54 Å². The van der Waals surface area contributed by atoms with Gasteiger partial charge in [-0.25, -0.2) is 4.98 Å². The van der Waals surface area contributed by atoms with Crippen LogP contribution in [0.25, 0.3) is 22.6 Å². The molecule has 22 heavy (non-hydrogen) atoms. The van der Waals surface area contributed by atoms with Crippen LogP contribution in [-0.4, -0.2) is 9.55 Å². The van der Waals surface area contributed by atoms with Crippen molar-refractivity contribution >= 4 is 42.9 Å². The Morgan fingerprint density at radius 2 is 1.68 bits per heavy atom. The van der Waals surface area contributed by atoms with Gasteiger partial charge in [-0.2, -0.15) is 0 Å². The Kier molecular flexibility index (Phi) is 3.43. The van der Waals surface area contributed by atoms with Crippen molar-refractivity contribution in [1.82, 2.24) is 9.55 Å². The van der Waals surface area contributed by atoms with Crippen molar-refractivity contribution < 1.29 is 8.83 Å². The molecule has 4 nitrogen and oxygen atoms in total. The van der Waals surface area contributed by atoms with Crippen molar-refractivity contribution in [1.29, 1.82) is 0 Å². The molecule has 4 aromatic rings. The summed E-state index contributed by atoms with van der Waals surface area (Å²) in [5.41, 5.74) is 1.97. The number of aromatic nitrogens is 2. The van der Waals surface area contributed by atoms with E-state index in [0.717, 1.165) is 22.6 Å². The SMILES string of the molecule is Brc1ccc(Cn2c(-c3ccc(Br)o3)nc3ccccc32)o1. The van der Waals surface area contributed by atoms with E-state index >= 15 is 0 Å². The van der Waals surface area contributed by atoms with Crippen LogP contribution in [0.1, 0.15) is 5.76 Å². The van der Waals surface area contributed by atoms with Crippen LogP contribution in [0, 0.1) is 0 Å². The molecule has 0 unspecified atom stereocenters. The molecule has 0 atom stereocenters. The highest BCUT2D eigenvalue weighted by Crippen LogP contribution is 2.29. The van der Waals surface area contributed by atoms with Crippen molar-refractivity contribution in [2.75, 3.05) is 0 Å². The molecule has 4 rings (SSSR count). The highest BCUT2D eigenvalue weighted by atomic mass is 79.9. The summed E-state index contributed by atoms with van der Waals surface area (Å²) in [5.74, 6) is 2.34. The Morgan fingerprint density at radius 1 is 0.909 bits per heavy atom. The normalized spacial score (nSPS) is 11.4. The van der Waals surface area contributed by atoms with Gasteiger partial charge < -0.3 is 13.4 Å². The first-order valence-corrected chi connectivity index (χ1v) is 8.24. The number of para-hydroxylation sites is 2. The van der Waals surface area contributed by atoms with Gasteiger partial charge in [-0.1, -0.05) is 12.1 Å². The topological polar surface area (TPSA) is 44.1 Å². The number of imidazole rings is 1. The third-order valence-corrected chi connectivity index (χ3v) is 4.24. The molecule has 6 heteroatoms. The van der Waals surface area contributed by atoms with Crippen molar-refractivity contribution in [3.05, 3.63) is 63.6 Å². The van der Waals surface area contributed by atoms with Crippen LogP contribution in [0.15, 0.2) is 66.7 Å². The summed E-state index contributed by atoms with van der Waals surface area (Å²) in [4.78, 5) is 4.69. The first-order valence-electron chi connectivity index (χ1n) is 6.66. The lowest BCUT2D eigenvalue weighted by molar-refractivity contribution is 0.475. The molecule has 0 saturated heterocycles. The second-order valence-corrected chi connectivity index (χ2v) is 6.38. The van der Waals surface area contributed by atoms with Crippen molar-refractivity contribution in [2.24, 2.45) is 0 Å². The standard InChI is InChI=1S/C16H10Br2N2O2/c17-14-7-5-10(21-14)9-20-12-4-2-1-3-11(12)19-16(20)13-6-8-15(18)22-13/h1-8H,9H2. The third-order valence-electron chi connectivity index (χ3n) is 3.39. The number of hydrogen-bond acceptors (Lipinski definition) is 3. The highest BCUT2D eigenvalue weighted by Gasteiger charge is 2.16. The maximum Gasteiger partial charge on any atom is 0.177 e. The van der Waals surface area contributed by atoms with Crippen LogP contribution in [0.5, 0.6) is 0 Å². The maximum atomic E-state index is 5.68. The molecule has 0 radical (unpaired) electrons. The minimum Gasteiger partial charge on any atom is -0.452 e. The predicted octanol–water partition coefficient (Wildman–Crippen LogP) is 5.46. The first-order chi connectivity index (χ1) is 10.7. The van der Waals surface area contributed by atoms with Crippen LogP contribution in [-0.2, 0) is 6.54 Å². The van der Waals surface area contributed by atoms with Gasteiger partial charge >= 0.3 is 0 Å². The van der Waals surface area contributed by atoms with Gasteiger partial charge in [0.05, 0.1) is 17.6 Å². The number of hydrogen-bond donors (Lipinski definition) is 0. The van der Waals surface area contributed by atoms with Crippen molar-refractivity contribution in [3.8, 4) is 11.6 Å². The second-order valence-electron chi connectivity index (χ2n) is 4.82. The molecular weight excluding hydrogens is 412 g/mol. The number of rotatable bonds is 3. The van der Waals surface area contributed by atoms with E-state index in [1.165, 1.54) is 0 Å². The summed E-state index contributed by atoms with van der Waals surface area (Å²) < 4.78 is 14.8. The van der Waals surface area contributed by atoms with Gasteiger partial charge in [0.2, 0.25) is 0 Å². The third kappa shape index (κ3) is 2.42. The smallest absolute Gasteiger partial charge is 0.177 e. The zero-order valence-electron chi connectivity index (χ0n) is 11.3.